The fourth-order valence-corrected chi connectivity index (χ4v) is 4.02. The highest BCUT2D eigenvalue weighted by Gasteiger charge is 2.25. The Labute approximate surface area is 167 Å². The van der Waals surface area contributed by atoms with E-state index in [-0.39, 0.29) is 0 Å². The van der Waals surface area contributed by atoms with Gasteiger partial charge in [-0.05, 0) is 37.9 Å². The zero-order chi connectivity index (χ0) is 19.3. The van der Waals surface area contributed by atoms with Crippen LogP contribution >= 0.6 is 0 Å². The molecule has 2 aliphatic heterocycles. The first-order chi connectivity index (χ1) is 13.7. The summed E-state index contributed by atoms with van der Waals surface area (Å²) in [5.41, 5.74) is 1.22. The van der Waals surface area contributed by atoms with Gasteiger partial charge in [0.2, 0.25) is 5.95 Å². The number of hydrogen-bond donors (Lipinski definition) is 0. The van der Waals surface area contributed by atoms with Gasteiger partial charge in [0.25, 0.3) is 0 Å². The van der Waals surface area contributed by atoms with E-state index >= 15 is 0 Å². The van der Waals surface area contributed by atoms with Gasteiger partial charge in [0.05, 0.1) is 26.0 Å². The highest BCUT2D eigenvalue weighted by atomic mass is 16.5. The Morgan fingerprint density at radius 1 is 1.21 bits per heavy atom. The lowest BCUT2D eigenvalue weighted by Crippen LogP contribution is -2.47. The molecule has 0 spiro atoms. The van der Waals surface area contributed by atoms with Crippen LogP contribution < -0.4 is 9.80 Å². The number of aromatic nitrogens is 4. The maximum absolute atomic E-state index is 5.44. The summed E-state index contributed by atoms with van der Waals surface area (Å²) in [6.45, 7) is 9.50. The highest BCUT2D eigenvalue weighted by molar-refractivity contribution is 5.44. The second kappa shape index (κ2) is 8.87. The van der Waals surface area contributed by atoms with Gasteiger partial charge in [0, 0.05) is 51.7 Å². The Kier molecular flexibility index (Phi) is 6.07. The molecule has 2 aliphatic rings. The summed E-state index contributed by atoms with van der Waals surface area (Å²) >= 11 is 0. The number of aryl methyl sites for hydroxylation is 1. The van der Waals surface area contributed by atoms with Gasteiger partial charge >= 0.3 is 0 Å². The van der Waals surface area contributed by atoms with Crippen molar-refractivity contribution in [3.63, 3.8) is 0 Å². The molecule has 8 heteroatoms. The largest absolute Gasteiger partial charge is 0.378 e. The Morgan fingerprint density at radius 2 is 2.07 bits per heavy atom. The fourth-order valence-electron chi connectivity index (χ4n) is 4.02. The van der Waals surface area contributed by atoms with E-state index < -0.39 is 0 Å². The minimum Gasteiger partial charge on any atom is -0.378 e. The molecule has 0 aliphatic carbocycles. The van der Waals surface area contributed by atoms with E-state index in [9.17, 15) is 0 Å². The van der Waals surface area contributed by atoms with Crippen molar-refractivity contribution in [2.75, 3.05) is 62.8 Å². The normalized spacial score (nSPS) is 21.1. The molecule has 0 radical (unpaired) electrons. The number of morpholine rings is 1. The second-order valence-corrected chi connectivity index (χ2v) is 7.80. The van der Waals surface area contributed by atoms with Crippen molar-refractivity contribution >= 4 is 11.8 Å². The molecule has 1 atom stereocenters. The number of nitrogens with zero attached hydrogens (tertiary/aromatic N) is 7. The van der Waals surface area contributed by atoms with Crippen LogP contribution in [0.15, 0.2) is 24.7 Å². The Hall–Kier alpha value is -2.19. The SMILES string of the molecule is Cc1cnn(CCN2CCCC(N(C)c3ccnc(N4CCOCC4)n3)C2)c1. The minimum atomic E-state index is 0.473. The Balaban J connectivity index is 1.36. The van der Waals surface area contributed by atoms with Crippen molar-refractivity contribution in [2.24, 2.45) is 0 Å². The minimum absolute atomic E-state index is 0.473. The van der Waals surface area contributed by atoms with Crippen LogP contribution in [0.4, 0.5) is 11.8 Å². The first-order valence-electron chi connectivity index (χ1n) is 10.3. The number of likely N-dealkylation sites (tertiary alicyclic amines) is 1. The van der Waals surface area contributed by atoms with Crippen molar-refractivity contribution in [2.45, 2.75) is 32.4 Å². The van der Waals surface area contributed by atoms with Crippen molar-refractivity contribution in [1.29, 1.82) is 0 Å². The molecule has 0 saturated carbocycles. The number of ether oxygens (including phenoxy) is 1. The predicted molar refractivity (Wildman–Crippen MR) is 110 cm³/mol. The van der Waals surface area contributed by atoms with E-state index in [1.54, 1.807) is 0 Å². The molecule has 4 rings (SSSR count). The van der Waals surface area contributed by atoms with Gasteiger partial charge in [-0.15, -0.1) is 0 Å². The molecule has 4 heterocycles. The molecule has 2 saturated heterocycles. The van der Waals surface area contributed by atoms with E-state index in [4.69, 9.17) is 9.72 Å². The molecule has 0 amide bonds. The lowest BCUT2D eigenvalue weighted by atomic mass is 10.0. The number of rotatable bonds is 6. The van der Waals surface area contributed by atoms with Gasteiger partial charge in [-0.25, -0.2) is 4.98 Å². The quantitative estimate of drug-likeness (QED) is 0.745. The molecule has 2 aromatic rings. The van der Waals surface area contributed by atoms with Gasteiger partial charge in [0.15, 0.2) is 0 Å². The zero-order valence-corrected chi connectivity index (χ0v) is 17.0. The molecule has 2 fully saturated rings. The lowest BCUT2D eigenvalue weighted by Gasteiger charge is -2.38. The number of anilines is 2. The van der Waals surface area contributed by atoms with Gasteiger partial charge < -0.3 is 14.5 Å². The third-order valence-corrected chi connectivity index (χ3v) is 5.72. The first kappa shape index (κ1) is 19.1. The molecule has 1 unspecified atom stereocenters. The monoisotopic (exact) mass is 385 g/mol. The van der Waals surface area contributed by atoms with E-state index in [1.807, 2.05) is 23.1 Å². The average molecular weight is 386 g/mol. The molecule has 0 bridgehead atoms. The molecular formula is C20H31N7O. The van der Waals surface area contributed by atoms with Crippen molar-refractivity contribution < 1.29 is 4.74 Å². The van der Waals surface area contributed by atoms with Crippen LogP contribution in [0.1, 0.15) is 18.4 Å². The van der Waals surface area contributed by atoms with Gasteiger partial charge in [-0.1, -0.05) is 0 Å². The second-order valence-electron chi connectivity index (χ2n) is 7.80. The van der Waals surface area contributed by atoms with Crippen LogP contribution in [0, 0.1) is 6.92 Å². The zero-order valence-electron chi connectivity index (χ0n) is 17.0. The van der Waals surface area contributed by atoms with Gasteiger partial charge in [0.1, 0.15) is 5.82 Å². The van der Waals surface area contributed by atoms with E-state index in [0.29, 0.717) is 6.04 Å². The van der Waals surface area contributed by atoms with Gasteiger partial charge in [-0.3, -0.25) is 9.58 Å². The van der Waals surface area contributed by atoms with E-state index in [2.05, 4.69) is 45.0 Å². The van der Waals surface area contributed by atoms with Crippen LogP contribution in [0.25, 0.3) is 0 Å². The number of hydrogen-bond acceptors (Lipinski definition) is 7. The fraction of sp³-hybridized carbons (Fsp3) is 0.650. The van der Waals surface area contributed by atoms with E-state index in [0.717, 1.165) is 64.2 Å². The summed E-state index contributed by atoms with van der Waals surface area (Å²) in [4.78, 5) is 16.4. The van der Waals surface area contributed by atoms with E-state index in [1.165, 1.54) is 18.4 Å². The van der Waals surface area contributed by atoms with Crippen LogP contribution in [0.2, 0.25) is 0 Å². The summed E-state index contributed by atoms with van der Waals surface area (Å²) in [5.74, 6) is 1.82. The first-order valence-corrected chi connectivity index (χ1v) is 10.3. The smallest absolute Gasteiger partial charge is 0.227 e. The van der Waals surface area contributed by atoms with Crippen LogP contribution in [0.3, 0.4) is 0 Å². The summed E-state index contributed by atoms with van der Waals surface area (Å²) in [6.07, 6.45) is 8.33. The summed E-state index contributed by atoms with van der Waals surface area (Å²) < 4.78 is 7.49. The number of likely N-dealkylation sites (N-methyl/N-ethyl adjacent to an activating group) is 1. The third kappa shape index (κ3) is 4.62. The molecular weight excluding hydrogens is 354 g/mol. The summed E-state index contributed by atoms with van der Waals surface area (Å²) in [7, 11) is 2.16. The van der Waals surface area contributed by atoms with Crippen LogP contribution in [-0.4, -0.2) is 83.7 Å². The predicted octanol–water partition coefficient (Wildman–Crippen LogP) is 1.42. The molecule has 2 aromatic heterocycles. The molecule has 8 nitrogen and oxygen atoms in total. The topological polar surface area (TPSA) is 62.6 Å². The Morgan fingerprint density at radius 3 is 2.86 bits per heavy atom. The van der Waals surface area contributed by atoms with Crippen LogP contribution in [0.5, 0.6) is 0 Å². The van der Waals surface area contributed by atoms with Crippen molar-refractivity contribution in [3.8, 4) is 0 Å². The molecule has 0 aromatic carbocycles. The van der Waals surface area contributed by atoms with Gasteiger partial charge in [-0.2, -0.15) is 10.1 Å². The number of piperidine rings is 1. The maximum atomic E-state index is 5.44. The highest BCUT2D eigenvalue weighted by Crippen LogP contribution is 2.21. The third-order valence-electron chi connectivity index (χ3n) is 5.72. The van der Waals surface area contributed by atoms with Crippen molar-refractivity contribution in [1.82, 2.24) is 24.6 Å². The standard InChI is InChI=1S/C20H31N7O/c1-17-14-22-27(15-17)9-8-25-7-3-4-18(16-25)24(2)19-5-6-21-20(23-19)26-10-12-28-13-11-26/h5-6,14-15,18H,3-4,7-13,16H2,1-2H3. The average Bonchev–Trinajstić information content (AvgIpc) is 3.18. The summed E-state index contributed by atoms with van der Waals surface area (Å²) in [6, 6.07) is 2.50. The Bertz CT molecular complexity index is 759. The lowest BCUT2D eigenvalue weighted by molar-refractivity contribution is 0.122. The molecule has 152 valence electrons. The summed E-state index contributed by atoms with van der Waals surface area (Å²) in [5, 5.41) is 4.41. The maximum Gasteiger partial charge on any atom is 0.227 e. The molecule has 0 N–H and O–H groups in total. The van der Waals surface area contributed by atoms with Crippen molar-refractivity contribution in [3.05, 3.63) is 30.2 Å². The van der Waals surface area contributed by atoms with Crippen LogP contribution in [-0.2, 0) is 11.3 Å². The molecule has 28 heavy (non-hydrogen) atoms.